The highest BCUT2D eigenvalue weighted by molar-refractivity contribution is 9.09. The monoisotopic (exact) mass is 233 g/mol. The smallest absolute Gasteiger partial charge is 0.239 e. The fourth-order valence-electron chi connectivity index (χ4n) is 1.37. The molecule has 0 aliphatic carbocycles. The lowest BCUT2D eigenvalue weighted by atomic mass is 10.1. The van der Waals surface area contributed by atoms with Crippen LogP contribution in [0.2, 0.25) is 0 Å². The Morgan fingerprint density at radius 1 is 1.75 bits per heavy atom. The van der Waals surface area contributed by atoms with Gasteiger partial charge in [-0.1, -0.05) is 29.3 Å². The van der Waals surface area contributed by atoms with Crippen molar-refractivity contribution in [2.24, 2.45) is 5.92 Å². The average molecular weight is 234 g/mol. The highest BCUT2D eigenvalue weighted by atomic mass is 79.9. The molecule has 0 aromatic rings. The minimum absolute atomic E-state index is 0.0219. The van der Waals surface area contributed by atoms with E-state index < -0.39 is 0 Å². The van der Waals surface area contributed by atoms with Gasteiger partial charge in [-0.3, -0.25) is 14.5 Å². The van der Waals surface area contributed by atoms with E-state index in [0.29, 0.717) is 18.9 Å². The first-order chi connectivity index (χ1) is 5.69. The summed E-state index contributed by atoms with van der Waals surface area (Å²) in [5.74, 6) is 0.239. The van der Waals surface area contributed by atoms with Crippen molar-refractivity contribution in [3.63, 3.8) is 0 Å². The molecule has 1 atom stereocenters. The number of carbonyl (C=O) groups excluding carboxylic acids is 2. The molecule has 1 fully saturated rings. The fourth-order valence-corrected chi connectivity index (χ4v) is 1.67. The highest BCUT2D eigenvalue weighted by Crippen LogP contribution is 2.20. The summed E-state index contributed by atoms with van der Waals surface area (Å²) in [5.41, 5.74) is 0. The number of rotatable bonds is 2. The van der Waals surface area contributed by atoms with Gasteiger partial charge in [0.05, 0.1) is 5.33 Å². The molecule has 0 aromatic heterocycles. The van der Waals surface area contributed by atoms with Gasteiger partial charge in [-0.05, 0) is 5.92 Å². The van der Waals surface area contributed by atoms with E-state index in [1.807, 2.05) is 6.92 Å². The van der Waals surface area contributed by atoms with Crippen LogP contribution in [-0.4, -0.2) is 28.6 Å². The van der Waals surface area contributed by atoms with Gasteiger partial charge in [0.25, 0.3) is 0 Å². The third-order valence-corrected chi connectivity index (χ3v) is 2.68. The van der Waals surface area contributed by atoms with Crippen molar-refractivity contribution in [3.05, 3.63) is 0 Å². The highest BCUT2D eigenvalue weighted by Gasteiger charge is 2.31. The summed E-state index contributed by atoms with van der Waals surface area (Å²) >= 11 is 3.05. The zero-order valence-electron chi connectivity index (χ0n) is 7.05. The maximum absolute atomic E-state index is 11.2. The number of imide groups is 1. The van der Waals surface area contributed by atoms with E-state index in [1.54, 1.807) is 0 Å². The summed E-state index contributed by atoms with van der Waals surface area (Å²) in [4.78, 5) is 23.7. The molecular weight excluding hydrogens is 222 g/mol. The third-order valence-electron chi connectivity index (χ3n) is 2.20. The van der Waals surface area contributed by atoms with Gasteiger partial charge < -0.3 is 0 Å². The standard InChI is InChI=1S/C8H12BrNO2/c1-2-6-3-7(11)10(5-6)8(12)4-9/h6H,2-5H2,1H3. The quantitative estimate of drug-likeness (QED) is 0.672. The predicted molar refractivity (Wildman–Crippen MR) is 48.9 cm³/mol. The van der Waals surface area contributed by atoms with Crippen molar-refractivity contribution in [1.82, 2.24) is 4.90 Å². The average Bonchev–Trinajstić information content (AvgIpc) is 2.45. The lowest BCUT2D eigenvalue weighted by Gasteiger charge is -2.11. The maximum Gasteiger partial charge on any atom is 0.239 e. The van der Waals surface area contributed by atoms with Gasteiger partial charge in [0.15, 0.2) is 0 Å². The van der Waals surface area contributed by atoms with Crippen LogP contribution in [0.15, 0.2) is 0 Å². The predicted octanol–water partition coefficient (Wildman–Crippen LogP) is 1.17. The number of alkyl halides is 1. The molecule has 1 saturated heterocycles. The SMILES string of the molecule is CCC1CC(=O)N(C(=O)CBr)C1. The first-order valence-corrected chi connectivity index (χ1v) is 5.20. The van der Waals surface area contributed by atoms with Crippen molar-refractivity contribution in [1.29, 1.82) is 0 Å². The molecule has 3 nitrogen and oxygen atoms in total. The summed E-state index contributed by atoms with van der Waals surface area (Å²) in [6.07, 6.45) is 1.51. The van der Waals surface area contributed by atoms with Gasteiger partial charge in [-0.25, -0.2) is 0 Å². The molecule has 12 heavy (non-hydrogen) atoms. The van der Waals surface area contributed by atoms with Crippen LogP contribution in [0.4, 0.5) is 0 Å². The van der Waals surface area contributed by atoms with Gasteiger partial charge in [0.1, 0.15) is 0 Å². The van der Waals surface area contributed by atoms with Crippen molar-refractivity contribution in [2.45, 2.75) is 19.8 Å². The molecule has 0 spiro atoms. The molecule has 1 aliphatic heterocycles. The fraction of sp³-hybridized carbons (Fsp3) is 0.750. The molecule has 1 rings (SSSR count). The van der Waals surface area contributed by atoms with E-state index in [-0.39, 0.29) is 17.1 Å². The molecule has 0 bridgehead atoms. The second-order valence-electron chi connectivity index (χ2n) is 3.01. The first-order valence-electron chi connectivity index (χ1n) is 4.08. The Morgan fingerprint density at radius 2 is 2.42 bits per heavy atom. The lowest BCUT2D eigenvalue weighted by molar-refractivity contribution is -0.139. The second-order valence-corrected chi connectivity index (χ2v) is 3.57. The Hall–Kier alpha value is -0.380. The van der Waals surface area contributed by atoms with Crippen LogP contribution in [0.3, 0.4) is 0 Å². The van der Waals surface area contributed by atoms with Crippen LogP contribution in [0, 0.1) is 5.92 Å². The van der Waals surface area contributed by atoms with Crippen LogP contribution in [-0.2, 0) is 9.59 Å². The van der Waals surface area contributed by atoms with Crippen molar-refractivity contribution < 1.29 is 9.59 Å². The molecule has 1 unspecified atom stereocenters. The lowest BCUT2D eigenvalue weighted by Crippen LogP contribution is -2.33. The van der Waals surface area contributed by atoms with Gasteiger partial charge in [0, 0.05) is 13.0 Å². The van der Waals surface area contributed by atoms with Crippen molar-refractivity contribution in [3.8, 4) is 0 Å². The van der Waals surface area contributed by atoms with Crippen LogP contribution < -0.4 is 0 Å². The number of hydrogen-bond donors (Lipinski definition) is 0. The Morgan fingerprint density at radius 3 is 2.83 bits per heavy atom. The molecule has 2 amide bonds. The van der Waals surface area contributed by atoms with Crippen molar-refractivity contribution in [2.75, 3.05) is 11.9 Å². The summed E-state index contributed by atoms with van der Waals surface area (Å²) in [6.45, 7) is 2.65. The molecule has 0 aromatic carbocycles. The number of nitrogens with zero attached hydrogens (tertiary/aromatic N) is 1. The molecule has 0 radical (unpaired) electrons. The van der Waals surface area contributed by atoms with E-state index >= 15 is 0 Å². The summed E-state index contributed by atoms with van der Waals surface area (Å²) in [6, 6.07) is 0. The van der Waals surface area contributed by atoms with E-state index in [4.69, 9.17) is 0 Å². The van der Waals surface area contributed by atoms with E-state index in [2.05, 4.69) is 15.9 Å². The maximum atomic E-state index is 11.2. The van der Waals surface area contributed by atoms with Crippen molar-refractivity contribution >= 4 is 27.7 Å². The van der Waals surface area contributed by atoms with Gasteiger partial charge in [-0.15, -0.1) is 0 Å². The first kappa shape index (κ1) is 9.71. The zero-order chi connectivity index (χ0) is 9.14. The Kier molecular flexibility index (Phi) is 3.26. The Balaban J connectivity index is 2.57. The van der Waals surface area contributed by atoms with Gasteiger partial charge in [0.2, 0.25) is 11.8 Å². The Bertz CT molecular complexity index is 205. The molecule has 0 N–H and O–H groups in total. The Labute approximate surface area is 80.2 Å². The minimum Gasteiger partial charge on any atom is -0.282 e. The number of hydrogen-bond acceptors (Lipinski definition) is 2. The second kappa shape index (κ2) is 4.03. The molecule has 68 valence electrons. The number of amides is 2. The van der Waals surface area contributed by atoms with Crippen LogP contribution in [0.25, 0.3) is 0 Å². The van der Waals surface area contributed by atoms with Gasteiger partial charge in [-0.2, -0.15) is 0 Å². The largest absolute Gasteiger partial charge is 0.282 e. The summed E-state index contributed by atoms with van der Waals surface area (Å²) in [5, 5.41) is 0.245. The van der Waals surface area contributed by atoms with Crippen LogP contribution in [0.1, 0.15) is 19.8 Å². The summed E-state index contributed by atoms with van der Waals surface area (Å²) < 4.78 is 0. The molecular formula is C8H12BrNO2. The normalized spacial score (nSPS) is 23.3. The van der Waals surface area contributed by atoms with E-state index in [9.17, 15) is 9.59 Å². The van der Waals surface area contributed by atoms with E-state index in [0.717, 1.165) is 6.42 Å². The molecule has 0 saturated carbocycles. The number of carbonyl (C=O) groups is 2. The van der Waals surface area contributed by atoms with Crippen LogP contribution >= 0.6 is 15.9 Å². The number of halogens is 1. The minimum atomic E-state index is -0.115. The number of likely N-dealkylation sites (tertiary alicyclic amines) is 1. The molecule has 1 aliphatic rings. The summed E-state index contributed by atoms with van der Waals surface area (Å²) in [7, 11) is 0. The molecule has 1 heterocycles. The van der Waals surface area contributed by atoms with Gasteiger partial charge >= 0.3 is 0 Å². The topological polar surface area (TPSA) is 37.4 Å². The molecule has 4 heteroatoms. The third kappa shape index (κ3) is 1.86. The van der Waals surface area contributed by atoms with E-state index in [1.165, 1.54) is 4.90 Å². The van der Waals surface area contributed by atoms with Crippen LogP contribution in [0.5, 0.6) is 0 Å². The zero-order valence-corrected chi connectivity index (χ0v) is 8.63.